The Morgan fingerprint density at radius 3 is 3.29 bits per heavy atom. The van der Waals surface area contributed by atoms with Gasteiger partial charge in [0.15, 0.2) is 5.65 Å². The highest BCUT2D eigenvalue weighted by molar-refractivity contribution is 5.68. The number of fused-ring (bicyclic) bond motifs is 1. The van der Waals surface area contributed by atoms with E-state index < -0.39 is 0 Å². The number of rotatable bonds is 1. The molecule has 0 radical (unpaired) electrons. The number of aromatic amines is 1. The van der Waals surface area contributed by atoms with E-state index in [2.05, 4.69) is 19.9 Å². The Hall–Kier alpha value is -1.49. The molecule has 0 saturated carbocycles. The van der Waals surface area contributed by atoms with Crippen molar-refractivity contribution in [3.05, 3.63) is 18.3 Å². The summed E-state index contributed by atoms with van der Waals surface area (Å²) >= 11 is 0. The molecule has 14 heavy (non-hydrogen) atoms. The van der Waals surface area contributed by atoms with E-state index in [1.54, 1.807) is 12.5 Å². The van der Waals surface area contributed by atoms with Gasteiger partial charge < -0.3 is 9.72 Å². The molecular weight excluding hydrogens is 180 g/mol. The Morgan fingerprint density at radius 1 is 1.43 bits per heavy atom. The number of aromatic nitrogens is 4. The smallest absolute Gasteiger partial charge is 0.180 e. The molecule has 1 atom stereocenters. The number of H-pyrrole nitrogens is 1. The minimum atomic E-state index is 0.344. The largest absolute Gasteiger partial charge is 0.381 e. The first-order valence-electron chi connectivity index (χ1n) is 4.67. The highest BCUT2D eigenvalue weighted by Crippen LogP contribution is 2.22. The fraction of sp³-hybridized carbons (Fsp3) is 0.444. The molecule has 0 amide bonds. The van der Waals surface area contributed by atoms with Crippen LogP contribution in [0.2, 0.25) is 0 Å². The molecule has 5 nitrogen and oxygen atoms in total. The van der Waals surface area contributed by atoms with E-state index in [4.69, 9.17) is 4.74 Å². The van der Waals surface area contributed by atoms with E-state index in [-0.39, 0.29) is 0 Å². The Labute approximate surface area is 80.5 Å². The molecule has 2 aromatic heterocycles. The fourth-order valence-electron chi connectivity index (χ4n) is 1.68. The van der Waals surface area contributed by atoms with Gasteiger partial charge in [0.1, 0.15) is 11.3 Å². The maximum Gasteiger partial charge on any atom is 0.180 e. The van der Waals surface area contributed by atoms with Crippen LogP contribution in [0.5, 0.6) is 0 Å². The first-order valence-corrected chi connectivity index (χ1v) is 4.67. The van der Waals surface area contributed by atoms with Gasteiger partial charge in [-0.05, 0) is 6.42 Å². The third kappa shape index (κ3) is 1.17. The van der Waals surface area contributed by atoms with E-state index >= 15 is 0 Å². The predicted octanol–water partition coefficient (Wildman–Crippen LogP) is 0.857. The molecule has 1 aliphatic heterocycles. The highest BCUT2D eigenvalue weighted by Gasteiger charge is 2.20. The molecule has 0 aromatic carbocycles. The zero-order chi connectivity index (χ0) is 9.38. The van der Waals surface area contributed by atoms with Crippen molar-refractivity contribution in [2.75, 3.05) is 13.2 Å². The Kier molecular flexibility index (Phi) is 1.70. The minimum absolute atomic E-state index is 0.344. The van der Waals surface area contributed by atoms with Gasteiger partial charge in [-0.1, -0.05) is 0 Å². The average molecular weight is 190 g/mol. The molecule has 1 saturated heterocycles. The quantitative estimate of drug-likeness (QED) is 0.724. The molecule has 3 heterocycles. The van der Waals surface area contributed by atoms with E-state index in [0.717, 1.165) is 36.6 Å². The van der Waals surface area contributed by atoms with Crippen molar-refractivity contribution in [2.45, 2.75) is 12.3 Å². The van der Waals surface area contributed by atoms with Crippen LogP contribution in [0.1, 0.15) is 18.2 Å². The van der Waals surface area contributed by atoms with Gasteiger partial charge in [0.05, 0.1) is 19.1 Å². The molecular formula is C9H10N4O. The summed E-state index contributed by atoms with van der Waals surface area (Å²) in [5.41, 5.74) is 1.62. The predicted molar refractivity (Wildman–Crippen MR) is 49.9 cm³/mol. The number of imidazole rings is 1. The van der Waals surface area contributed by atoms with Gasteiger partial charge >= 0.3 is 0 Å². The van der Waals surface area contributed by atoms with Crippen molar-refractivity contribution in [3.63, 3.8) is 0 Å². The first kappa shape index (κ1) is 7.87. The summed E-state index contributed by atoms with van der Waals surface area (Å²) < 4.78 is 5.30. The van der Waals surface area contributed by atoms with E-state index in [1.807, 2.05) is 0 Å². The lowest BCUT2D eigenvalue weighted by Gasteiger charge is -2.03. The molecule has 0 bridgehead atoms. The summed E-state index contributed by atoms with van der Waals surface area (Å²) in [7, 11) is 0. The topological polar surface area (TPSA) is 63.7 Å². The SMILES string of the molecule is c1nc2nc([C@H]3CCOC3)ncc2[nH]1. The van der Waals surface area contributed by atoms with Crippen LogP contribution in [0.25, 0.3) is 11.2 Å². The molecule has 3 rings (SSSR count). The van der Waals surface area contributed by atoms with Gasteiger partial charge in [-0.25, -0.2) is 15.0 Å². The lowest BCUT2D eigenvalue weighted by Crippen LogP contribution is -2.03. The summed E-state index contributed by atoms with van der Waals surface area (Å²) in [5, 5.41) is 0. The van der Waals surface area contributed by atoms with Gasteiger partial charge in [0, 0.05) is 12.5 Å². The second kappa shape index (κ2) is 3.02. The van der Waals surface area contributed by atoms with Crippen LogP contribution in [0.15, 0.2) is 12.5 Å². The molecule has 72 valence electrons. The van der Waals surface area contributed by atoms with Crippen molar-refractivity contribution in [1.29, 1.82) is 0 Å². The van der Waals surface area contributed by atoms with Gasteiger partial charge in [0.25, 0.3) is 0 Å². The Bertz CT molecular complexity index is 447. The second-order valence-corrected chi connectivity index (χ2v) is 3.43. The summed E-state index contributed by atoms with van der Waals surface area (Å²) in [5.74, 6) is 1.19. The van der Waals surface area contributed by atoms with Crippen LogP contribution in [0.3, 0.4) is 0 Å². The van der Waals surface area contributed by atoms with Gasteiger partial charge in [-0.3, -0.25) is 0 Å². The highest BCUT2D eigenvalue weighted by atomic mass is 16.5. The van der Waals surface area contributed by atoms with Crippen LogP contribution in [0, 0.1) is 0 Å². The van der Waals surface area contributed by atoms with Crippen LogP contribution in [0.4, 0.5) is 0 Å². The van der Waals surface area contributed by atoms with Gasteiger partial charge in [0.2, 0.25) is 0 Å². The lowest BCUT2D eigenvalue weighted by atomic mass is 10.1. The zero-order valence-corrected chi connectivity index (χ0v) is 7.60. The molecule has 0 spiro atoms. The van der Waals surface area contributed by atoms with Crippen LogP contribution in [-0.4, -0.2) is 33.1 Å². The summed E-state index contributed by atoms with van der Waals surface area (Å²) in [6.45, 7) is 1.54. The molecule has 1 fully saturated rings. The fourth-order valence-corrected chi connectivity index (χ4v) is 1.68. The lowest BCUT2D eigenvalue weighted by molar-refractivity contribution is 0.193. The Balaban J connectivity index is 2.04. The van der Waals surface area contributed by atoms with Gasteiger partial charge in [-0.2, -0.15) is 0 Å². The average Bonchev–Trinajstić information content (AvgIpc) is 2.88. The monoisotopic (exact) mass is 190 g/mol. The Morgan fingerprint density at radius 2 is 2.43 bits per heavy atom. The zero-order valence-electron chi connectivity index (χ0n) is 7.60. The number of ether oxygens (including phenoxy) is 1. The normalized spacial score (nSPS) is 21.9. The molecule has 2 aromatic rings. The van der Waals surface area contributed by atoms with E-state index in [0.29, 0.717) is 5.92 Å². The second-order valence-electron chi connectivity index (χ2n) is 3.43. The van der Waals surface area contributed by atoms with Crippen molar-refractivity contribution in [2.24, 2.45) is 0 Å². The van der Waals surface area contributed by atoms with Crippen molar-refractivity contribution in [3.8, 4) is 0 Å². The molecule has 0 unspecified atom stereocenters. The third-order valence-electron chi connectivity index (χ3n) is 2.49. The molecule has 1 aliphatic rings. The van der Waals surface area contributed by atoms with Crippen LogP contribution >= 0.6 is 0 Å². The van der Waals surface area contributed by atoms with E-state index in [1.165, 1.54) is 0 Å². The number of hydrogen-bond donors (Lipinski definition) is 1. The first-order chi connectivity index (χ1) is 6.93. The number of hydrogen-bond acceptors (Lipinski definition) is 4. The summed E-state index contributed by atoms with van der Waals surface area (Å²) in [4.78, 5) is 15.8. The maximum atomic E-state index is 5.30. The standard InChI is InChI=1S/C9H10N4O/c1-2-14-4-6(1)8-10-3-7-9(13-8)12-5-11-7/h3,5-6H,1-2,4H2,(H,10,11,12,13)/t6-/m0/s1. The summed E-state index contributed by atoms with van der Waals surface area (Å²) in [6, 6.07) is 0. The summed E-state index contributed by atoms with van der Waals surface area (Å²) in [6.07, 6.45) is 4.42. The number of nitrogens with zero attached hydrogens (tertiary/aromatic N) is 3. The van der Waals surface area contributed by atoms with Crippen molar-refractivity contribution < 1.29 is 4.74 Å². The maximum absolute atomic E-state index is 5.30. The minimum Gasteiger partial charge on any atom is -0.381 e. The number of nitrogens with one attached hydrogen (secondary N) is 1. The molecule has 0 aliphatic carbocycles. The third-order valence-corrected chi connectivity index (χ3v) is 2.49. The molecule has 1 N–H and O–H groups in total. The van der Waals surface area contributed by atoms with Crippen LogP contribution < -0.4 is 0 Å². The molecule has 5 heteroatoms. The van der Waals surface area contributed by atoms with E-state index in [9.17, 15) is 0 Å². The van der Waals surface area contributed by atoms with Crippen molar-refractivity contribution in [1.82, 2.24) is 19.9 Å². The van der Waals surface area contributed by atoms with Crippen LogP contribution in [-0.2, 0) is 4.74 Å². The van der Waals surface area contributed by atoms with Crippen molar-refractivity contribution >= 4 is 11.2 Å². The van der Waals surface area contributed by atoms with Gasteiger partial charge in [-0.15, -0.1) is 0 Å².